The standard InChI is InChI=1S/C19H18N2O/c1-2-16-17(13-8-10-15(22)11-9-13)12-21-19(20)18(16)14-6-4-3-5-7-14/h3-12,22H,2H2,1H3,(H2,20,21). The summed E-state index contributed by atoms with van der Waals surface area (Å²) in [6, 6.07) is 17.3. The minimum Gasteiger partial charge on any atom is -0.508 e. The van der Waals surface area contributed by atoms with Crippen molar-refractivity contribution in [1.29, 1.82) is 0 Å². The van der Waals surface area contributed by atoms with Crippen LogP contribution in [-0.2, 0) is 6.42 Å². The maximum absolute atomic E-state index is 9.47. The highest BCUT2D eigenvalue weighted by Gasteiger charge is 2.14. The quantitative estimate of drug-likeness (QED) is 0.757. The van der Waals surface area contributed by atoms with Crippen molar-refractivity contribution in [3.63, 3.8) is 0 Å². The van der Waals surface area contributed by atoms with Gasteiger partial charge in [-0.1, -0.05) is 49.4 Å². The van der Waals surface area contributed by atoms with Gasteiger partial charge in [0, 0.05) is 17.3 Å². The third-order valence-electron chi connectivity index (χ3n) is 3.81. The van der Waals surface area contributed by atoms with E-state index >= 15 is 0 Å². The zero-order valence-electron chi connectivity index (χ0n) is 12.5. The van der Waals surface area contributed by atoms with Gasteiger partial charge in [-0.05, 0) is 35.2 Å². The Labute approximate surface area is 130 Å². The Morgan fingerprint density at radius 1 is 0.955 bits per heavy atom. The number of hydrogen-bond donors (Lipinski definition) is 2. The van der Waals surface area contributed by atoms with E-state index in [1.807, 2.05) is 48.7 Å². The van der Waals surface area contributed by atoms with Gasteiger partial charge in [0.15, 0.2) is 0 Å². The number of phenols is 1. The van der Waals surface area contributed by atoms with Crippen LogP contribution in [0, 0.1) is 0 Å². The number of benzene rings is 2. The van der Waals surface area contributed by atoms with E-state index < -0.39 is 0 Å². The van der Waals surface area contributed by atoms with E-state index in [1.165, 1.54) is 5.56 Å². The minimum absolute atomic E-state index is 0.258. The second-order valence-electron chi connectivity index (χ2n) is 5.18. The summed E-state index contributed by atoms with van der Waals surface area (Å²) in [5.41, 5.74) is 11.5. The number of nitrogens with two attached hydrogens (primary N) is 1. The highest BCUT2D eigenvalue weighted by atomic mass is 16.3. The molecule has 3 nitrogen and oxygen atoms in total. The number of nitrogens with zero attached hydrogens (tertiary/aromatic N) is 1. The van der Waals surface area contributed by atoms with Gasteiger partial charge in [0.1, 0.15) is 11.6 Å². The molecule has 0 unspecified atom stereocenters. The number of hydrogen-bond acceptors (Lipinski definition) is 3. The van der Waals surface area contributed by atoms with E-state index in [-0.39, 0.29) is 5.75 Å². The van der Waals surface area contributed by atoms with Crippen LogP contribution in [0.3, 0.4) is 0 Å². The largest absolute Gasteiger partial charge is 0.508 e. The fourth-order valence-corrected chi connectivity index (χ4v) is 2.75. The van der Waals surface area contributed by atoms with Gasteiger partial charge >= 0.3 is 0 Å². The van der Waals surface area contributed by atoms with E-state index in [0.717, 1.165) is 28.7 Å². The lowest BCUT2D eigenvalue weighted by Gasteiger charge is -2.16. The Morgan fingerprint density at radius 2 is 1.64 bits per heavy atom. The van der Waals surface area contributed by atoms with Crippen LogP contribution >= 0.6 is 0 Å². The zero-order chi connectivity index (χ0) is 15.5. The van der Waals surface area contributed by atoms with Crippen LogP contribution in [0.5, 0.6) is 5.75 Å². The van der Waals surface area contributed by atoms with Crippen molar-refractivity contribution in [2.45, 2.75) is 13.3 Å². The number of anilines is 1. The molecule has 0 saturated carbocycles. The summed E-state index contributed by atoms with van der Waals surface area (Å²) in [5.74, 6) is 0.805. The number of aromatic hydroxyl groups is 1. The molecule has 0 amide bonds. The van der Waals surface area contributed by atoms with E-state index in [0.29, 0.717) is 5.82 Å². The Kier molecular flexibility index (Phi) is 3.79. The number of rotatable bonds is 3. The first kappa shape index (κ1) is 14.1. The van der Waals surface area contributed by atoms with Gasteiger partial charge in [0.05, 0.1) is 0 Å². The number of nitrogen functional groups attached to an aromatic ring is 1. The van der Waals surface area contributed by atoms with Gasteiger partial charge in [0.2, 0.25) is 0 Å². The molecule has 1 heterocycles. The van der Waals surface area contributed by atoms with Crippen molar-refractivity contribution in [3.05, 3.63) is 66.4 Å². The summed E-state index contributed by atoms with van der Waals surface area (Å²) in [4.78, 5) is 4.38. The van der Waals surface area contributed by atoms with Crippen LogP contribution in [0.1, 0.15) is 12.5 Å². The smallest absolute Gasteiger partial charge is 0.131 e. The lowest BCUT2D eigenvalue weighted by Crippen LogP contribution is -2.01. The van der Waals surface area contributed by atoms with Crippen molar-refractivity contribution in [2.75, 3.05) is 5.73 Å². The Morgan fingerprint density at radius 3 is 2.27 bits per heavy atom. The van der Waals surface area contributed by atoms with E-state index in [1.54, 1.807) is 12.1 Å². The fraction of sp³-hybridized carbons (Fsp3) is 0.105. The van der Waals surface area contributed by atoms with Gasteiger partial charge in [-0.15, -0.1) is 0 Å². The first-order valence-corrected chi connectivity index (χ1v) is 7.33. The van der Waals surface area contributed by atoms with Gasteiger partial charge in [-0.2, -0.15) is 0 Å². The molecule has 1 aromatic heterocycles. The predicted molar refractivity (Wildman–Crippen MR) is 90.6 cm³/mol. The maximum atomic E-state index is 9.47. The monoisotopic (exact) mass is 290 g/mol. The summed E-state index contributed by atoms with van der Waals surface area (Å²) in [5, 5.41) is 9.47. The fourth-order valence-electron chi connectivity index (χ4n) is 2.75. The highest BCUT2D eigenvalue weighted by molar-refractivity contribution is 5.84. The number of phenolic OH excluding ortho intramolecular Hbond substituents is 1. The Hall–Kier alpha value is -2.81. The first-order valence-electron chi connectivity index (χ1n) is 7.33. The molecule has 3 rings (SSSR count). The molecule has 0 fully saturated rings. The second kappa shape index (κ2) is 5.90. The van der Waals surface area contributed by atoms with Crippen molar-refractivity contribution in [3.8, 4) is 28.0 Å². The molecule has 0 atom stereocenters. The van der Waals surface area contributed by atoms with Gasteiger partial charge in [-0.25, -0.2) is 4.98 Å². The molecule has 0 bridgehead atoms. The van der Waals surface area contributed by atoms with Crippen molar-refractivity contribution in [2.24, 2.45) is 0 Å². The van der Waals surface area contributed by atoms with Crippen LogP contribution in [0.2, 0.25) is 0 Å². The molecule has 3 heteroatoms. The normalized spacial score (nSPS) is 10.6. The minimum atomic E-state index is 0.258. The first-order chi connectivity index (χ1) is 10.7. The molecule has 22 heavy (non-hydrogen) atoms. The lowest BCUT2D eigenvalue weighted by molar-refractivity contribution is 0.475. The molecule has 0 saturated heterocycles. The zero-order valence-corrected chi connectivity index (χ0v) is 12.5. The van der Waals surface area contributed by atoms with E-state index in [4.69, 9.17) is 5.73 Å². The van der Waals surface area contributed by atoms with Crippen LogP contribution in [0.15, 0.2) is 60.8 Å². The molecular weight excluding hydrogens is 272 g/mol. The molecule has 3 N–H and O–H groups in total. The summed E-state index contributed by atoms with van der Waals surface area (Å²) in [7, 11) is 0. The topological polar surface area (TPSA) is 59.1 Å². The summed E-state index contributed by atoms with van der Waals surface area (Å²) in [6.45, 7) is 2.12. The molecule has 0 radical (unpaired) electrons. The molecule has 0 aliphatic carbocycles. The summed E-state index contributed by atoms with van der Waals surface area (Å²) < 4.78 is 0. The second-order valence-corrected chi connectivity index (χ2v) is 5.18. The third-order valence-corrected chi connectivity index (χ3v) is 3.81. The van der Waals surface area contributed by atoms with Crippen molar-refractivity contribution in [1.82, 2.24) is 4.98 Å². The molecular formula is C19H18N2O. The SMILES string of the molecule is CCc1c(-c2ccc(O)cc2)cnc(N)c1-c1ccccc1. The Balaban J connectivity index is 2.23. The lowest BCUT2D eigenvalue weighted by atomic mass is 9.92. The molecule has 3 aromatic rings. The third kappa shape index (κ3) is 2.53. The molecule has 0 spiro atoms. The molecule has 110 valence electrons. The average Bonchev–Trinajstić information content (AvgIpc) is 2.56. The van der Waals surface area contributed by atoms with E-state index in [2.05, 4.69) is 11.9 Å². The highest BCUT2D eigenvalue weighted by Crippen LogP contribution is 2.35. The summed E-state index contributed by atoms with van der Waals surface area (Å²) >= 11 is 0. The van der Waals surface area contributed by atoms with Gasteiger partial charge < -0.3 is 10.8 Å². The molecule has 0 aliphatic rings. The maximum Gasteiger partial charge on any atom is 0.131 e. The number of pyridine rings is 1. The predicted octanol–water partition coefficient (Wildman–Crippen LogP) is 4.27. The van der Waals surface area contributed by atoms with Crippen LogP contribution in [0.25, 0.3) is 22.3 Å². The van der Waals surface area contributed by atoms with Crippen LogP contribution in [0.4, 0.5) is 5.82 Å². The average molecular weight is 290 g/mol. The Bertz CT molecular complexity index is 781. The van der Waals surface area contributed by atoms with Gasteiger partial charge in [0.25, 0.3) is 0 Å². The van der Waals surface area contributed by atoms with Crippen molar-refractivity contribution >= 4 is 5.82 Å². The molecule has 0 aliphatic heterocycles. The van der Waals surface area contributed by atoms with Gasteiger partial charge in [-0.3, -0.25) is 0 Å². The van der Waals surface area contributed by atoms with Crippen LogP contribution < -0.4 is 5.73 Å². The molecule has 2 aromatic carbocycles. The van der Waals surface area contributed by atoms with Crippen LogP contribution in [-0.4, -0.2) is 10.1 Å². The van der Waals surface area contributed by atoms with Crippen molar-refractivity contribution < 1.29 is 5.11 Å². The number of aromatic nitrogens is 1. The summed E-state index contributed by atoms with van der Waals surface area (Å²) in [6.07, 6.45) is 2.67. The van der Waals surface area contributed by atoms with E-state index in [9.17, 15) is 5.11 Å².